The Labute approximate surface area is 157 Å². The van der Waals surface area contributed by atoms with Crippen LogP contribution in [0.4, 0.5) is 10.5 Å². The number of aliphatic hydroxyl groups excluding tert-OH is 1. The largest absolute Gasteiger partial charge is 0.385 e. The number of rotatable bonds is 3. The molecular formula is C19H24N6O2. The van der Waals surface area contributed by atoms with Crippen molar-refractivity contribution >= 4 is 22.8 Å². The van der Waals surface area contributed by atoms with E-state index < -0.39 is 6.10 Å². The van der Waals surface area contributed by atoms with Gasteiger partial charge < -0.3 is 24.5 Å². The molecule has 0 aliphatic carbocycles. The number of benzene rings is 1. The Balaban J connectivity index is 1.36. The molecule has 0 spiro atoms. The second-order valence-corrected chi connectivity index (χ2v) is 7.15. The molecule has 3 heterocycles. The van der Waals surface area contributed by atoms with Crippen molar-refractivity contribution in [3.05, 3.63) is 42.7 Å². The molecule has 3 aromatic rings. The van der Waals surface area contributed by atoms with Crippen molar-refractivity contribution in [2.45, 2.75) is 18.9 Å². The van der Waals surface area contributed by atoms with Crippen molar-refractivity contribution < 1.29 is 9.90 Å². The number of imidazole rings is 2. The third-order valence-electron chi connectivity index (χ3n) is 5.37. The summed E-state index contributed by atoms with van der Waals surface area (Å²) in [5.41, 5.74) is 2.62. The van der Waals surface area contributed by atoms with Crippen LogP contribution in [-0.4, -0.2) is 48.2 Å². The Kier molecular flexibility index (Phi) is 4.57. The van der Waals surface area contributed by atoms with Gasteiger partial charge in [-0.2, -0.15) is 0 Å². The van der Waals surface area contributed by atoms with E-state index in [1.165, 1.54) is 0 Å². The number of amides is 2. The van der Waals surface area contributed by atoms with Gasteiger partial charge in [0.05, 0.1) is 17.4 Å². The summed E-state index contributed by atoms with van der Waals surface area (Å²) in [4.78, 5) is 22.9. The van der Waals surface area contributed by atoms with Gasteiger partial charge in [-0.15, -0.1) is 0 Å². The van der Waals surface area contributed by atoms with Gasteiger partial charge in [-0.3, -0.25) is 0 Å². The van der Waals surface area contributed by atoms with Gasteiger partial charge in [-0.25, -0.2) is 14.8 Å². The van der Waals surface area contributed by atoms with Gasteiger partial charge in [0, 0.05) is 45.3 Å². The normalized spacial score (nSPS) is 16.6. The third-order valence-corrected chi connectivity index (χ3v) is 5.37. The average Bonchev–Trinajstić information content (AvgIpc) is 3.27. The summed E-state index contributed by atoms with van der Waals surface area (Å²) in [5.74, 6) is 0.793. The Bertz CT molecular complexity index is 954. The van der Waals surface area contributed by atoms with Gasteiger partial charge in [0.2, 0.25) is 0 Å². The number of aromatic nitrogens is 4. The minimum Gasteiger partial charge on any atom is -0.385 e. The number of fused-ring (bicyclic) bond motifs is 1. The van der Waals surface area contributed by atoms with Crippen LogP contribution >= 0.6 is 0 Å². The van der Waals surface area contributed by atoms with Crippen molar-refractivity contribution in [1.29, 1.82) is 0 Å². The van der Waals surface area contributed by atoms with Crippen LogP contribution in [0.3, 0.4) is 0 Å². The Morgan fingerprint density at radius 1 is 1.22 bits per heavy atom. The summed E-state index contributed by atoms with van der Waals surface area (Å²) in [7, 11) is 3.82. The Hall–Kier alpha value is -2.87. The summed E-state index contributed by atoms with van der Waals surface area (Å²) in [6, 6.07) is 5.60. The van der Waals surface area contributed by atoms with E-state index in [1.54, 1.807) is 17.4 Å². The number of urea groups is 1. The molecule has 1 aromatic carbocycles. The summed E-state index contributed by atoms with van der Waals surface area (Å²) >= 11 is 0. The van der Waals surface area contributed by atoms with E-state index in [9.17, 15) is 9.90 Å². The maximum Gasteiger partial charge on any atom is 0.321 e. The summed E-state index contributed by atoms with van der Waals surface area (Å²) in [5, 5.41) is 13.5. The fourth-order valence-electron chi connectivity index (χ4n) is 3.71. The van der Waals surface area contributed by atoms with Crippen LogP contribution in [0.2, 0.25) is 0 Å². The molecule has 0 bridgehead atoms. The van der Waals surface area contributed by atoms with Crippen molar-refractivity contribution in [3.63, 3.8) is 0 Å². The summed E-state index contributed by atoms with van der Waals surface area (Å²) in [6.45, 7) is 1.23. The fourth-order valence-corrected chi connectivity index (χ4v) is 3.71. The molecule has 1 fully saturated rings. The first-order valence-corrected chi connectivity index (χ1v) is 9.15. The molecule has 1 aliphatic heterocycles. The van der Waals surface area contributed by atoms with Crippen LogP contribution in [0.5, 0.6) is 0 Å². The Morgan fingerprint density at radius 3 is 2.70 bits per heavy atom. The smallest absolute Gasteiger partial charge is 0.321 e. The molecule has 1 saturated heterocycles. The van der Waals surface area contributed by atoms with Crippen LogP contribution in [0.25, 0.3) is 11.0 Å². The fraction of sp³-hybridized carbons (Fsp3) is 0.421. The van der Waals surface area contributed by atoms with Crippen LogP contribution in [-0.2, 0) is 14.1 Å². The van der Waals surface area contributed by atoms with Crippen molar-refractivity contribution in [1.82, 2.24) is 24.0 Å². The molecule has 27 heavy (non-hydrogen) atoms. The monoisotopic (exact) mass is 368 g/mol. The molecule has 1 atom stereocenters. The van der Waals surface area contributed by atoms with Crippen molar-refractivity contribution in [2.24, 2.45) is 20.0 Å². The van der Waals surface area contributed by atoms with Crippen molar-refractivity contribution in [3.8, 4) is 0 Å². The molecule has 8 heteroatoms. The molecule has 2 N–H and O–H groups in total. The molecule has 2 amide bonds. The zero-order valence-corrected chi connectivity index (χ0v) is 15.5. The molecular weight excluding hydrogens is 344 g/mol. The number of carbonyl (C=O) groups excluding carboxylic acids is 1. The minimum atomic E-state index is -0.596. The van der Waals surface area contributed by atoms with E-state index >= 15 is 0 Å². The molecule has 8 nitrogen and oxygen atoms in total. The lowest BCUT2D eigenvalue weighted by Crippen LogP contribution is -2.42. The predicted molar refractivity (Wildman–Crippen MR) is 102 cm³/mol. The molecule has 1 unspecified atom stereocenters. The van der Waals surface area contributed by atoms with Crippen LogP contribution in [0.15, 0.2) is 36.9 Å². The number of hydrogen-bond acceptors (Lipinski definition) is 4. The van der Waals surface area contributed by atoms with Crippen molar-refractivity contribution in [2.75, 3.05) is 18.4 Å². The quantitative estimate of drug-likeness (QED) is 0.742. The maximum atomic E-state index is 12.6. The number of carbonyl (C=O) groups is 1. The molecule has 0 radical (unpaired) electrons. The second kappa shape index (κ2) is 7.03. The number of aryl methyl sites for hydroxylation is 2. The zero-order chi connectivity index (χ0) is 19.0. The van der Waals surface area contributed by atoms with E-state index in [0.717, 1.165) is 29.6 Å². The number of piperidine rings is 1. The molecule has 2 aromatic heterocycles. The van der Waals surface area contributed by atoms with Gasteiger partial charge in [-0.1, -0.05) is 0 Å². The molecule has 1 aliphatic rings. The highest BCUT2D eigenvalue weighted by Crippen LogP contribution is 2.30. The molecule has 142 valence electrons. The highest BCUT2D eigenvalue weighted by Gasteiger charge is 2.30. The number of anilines is 1. The highest BCUT2D eigenvalue weighted by molar-refractivity contribution is 5.92. The topological polar surface area (TPSA) is 88.2 Å². The summed E-state index contributed by atoms with van der Waals surface area (Å²) < 4.78 is 3.79. The van der Waals surface area contributed by atoms with E-state index in [-0.39, 0.29) is 11.9 Å². The standard InChI is InChI=1S/C19H24N6O2/c1-23-10-7-20-18(23)17(26)13-5-8-25(9-6-13)19(27)22-14-3-4-16-15(11-14)21-12-24(16)2/h3-4,7,10-13,17,26H,5-6,8-9H2,1-2H3,(H,22,27). The van der Waals surface area contributed by atoms with Gasteiger partial charge in [0.25, 0.3) is 0 Å². The molecule has 0 saturated carbocycles. The van der Waals surface area contributed by atoms with E-state index in [2.05, 4.69) is 15.3 Å². The number of nitrogens with zero attached hydrogens (tertiary/aromatic N) is 5. The molecule has 4 rings (SSSR count). The lowest BCUT2D eigenvalue weighted by atomic mass is 9.91. The van der Waals surface area contributed by atoms with Gasteiger partial charge in [0.15, 0.2) is 0 Å². The number of hydrogen-bond donors (Lipinski definition) is 2. The first kappa shape index (κ1) is 17.5. The zero-order valence-electron chi connectivity index (χ0n) is 15.5. The van der Waals surface area contributed by atoms with Crippen LogP contribution in [0, 0.1) is 5.92 Å². The lowest BCUT2D eigenvalue weighted by molar-refractivity contribution is 0.0600. The maximum absolute atomic E-state index is 12.6. The number of nitrogens with one attached hydrogen (secondary N) is 1. The van der Waals surface area contributed by atoms with Crippen LogP contribution < -0.4 is 5.32 Å². The van der Waals surface area contributed by atoms with E-state index in [4.69, 9.17) is 0 Å². The average molecular weight is 368 g/mol. The van der Waals surface area contributed by atoms with Crippen LogP contribution in [0.1, 0.15) is 24.8 Å². The van der Waals surface area contributed by atoms with Gasteiger partial charge in [-0.05, 0) is 37.0 Å². The SMILES string of the molecule is Cn1ccnc1C(O)C1CCN(C(=O)Nc2ccc3c(c2)ncn3C)CC1. The third kappa shape index (κ3) is 3.40. The predicted octanol–water partition coefficient (Wildman–Crippen LogP) is 2.28. The Morgan fingerprint density at radius 2 is 2.00 bits per heavy atom. The number of aliphatic hydroxyl groups is 1. The summed E-state index contributed by atoms with van der Waals surface area (Å²) in [6.07, 6.45) is 6.19. The van der Waals surface area contributed by atoms with E-state index in [1.807, 2.05) is 47.6 Å². The second-order valence-electron chi connectivity index (χ2n) is 7.15. The highest BCUT2D eigenvalue weighted by atomic mass is 16.3. The van der Waals surface area contributed by atoms with Gasteiger partial charge >= 0.3 is 6.03 Å². The lowest BCUT2D eigenvalue weighted by Gasteiger charge is -2.34. The minimum absolute atomic E-state index is 0.111. The number of likely N-dealkylation sites (tertiary alicyclic amines) is 1. The first-order valence-electron chi connectivity index (χ1n) is 9.15. The van der Waals surface area contributed by atoms with E-state index in [0.29, 0.717) is 18.9 Å². The van der Waals surface area contributed by atoms with Gasteiger partial charge in [0.1, 0.15) is 11.9 Å². The first-order chi connectivity index (χ1) is 13.0.